The van der Waals surface area contributed by atoms with E-state index in [2.05, 4.69) is 146 Å². The van der Waals surface area contributed by atoms with Crippen LogP contribution in [0, 0.1) is 11.8 Å². The molecule has 0 aliphatic heterocycles. The molecule has 3 unspecified atom stereocenters. The van der Waals surface area contributed by atoms with E-state index >= 15 is 0 Å². The minimum absolute atomic E-state index is 0.116. The molecule has 4 aliphatic carbocycles. The summed E-state index contributed by atoms with van der Waals surface area (Å²) in [5.41, 5.74) is 14.9. The Morgan fingerprint density at radius 2 is 1.31 bits per heavy atom. The highest BCUT2D eigenvalue weighted by molar-refractivity contribution is 5.96. The summed E-state index contributed by atoms with van der Waals surface area (Å²) in [5, 5.41) is 2.58. The van der Waals surface area contributed by atoms with Gasteiger partial charge in [0.1, 0.15) is 0 Å². The summed E-state index contributed by atoms with van der Waals surface area (Å²) < 4.78 is 0. The van der Waals surface area contributed by atoms with E-state index in [1.807, 2.05) is 0 Å². The average molecular weight is 664 g/mol. The highest BCUT2D eigenvalue weighted by Gasteiger charge is 2.40. The average Bonchev–Trinajstić information content (AvgIpc) is 3.88. The number of hydrogen-bond acceptors (Lipinski definition) is 1. The lowest BCUT2D eigenvalue weighted by molar-refractivity contribution is 0.420. The van der Waals surface area contributed by atoms with Crippen LogP contribution in [-0.2, 0) is 5.41 Å². The third-order valence-electron chi connectivity index (χ3n) is 13.5. The Morgan fingerprint density at radius 3 is 2.12 bits per heavy atom. The van der Waals surface area contributed by atoms with Crippen molar-refractivity contribution in [2.45, 2.75) is 88.9 Å². The summed E-state index contributed by atoms with van der Waals surface area (Å²) in [6.07, 6.45) is 12.4. The van der Waals surface area contributed by atoms with Gasteiger partial charge in [-0.15, -0.1) is 0 Å². The smallest absolute Gasteiger partial charge is 0.0465 e. The second-order valence-electron chi connectivity index (χ2n) is 16.8. The van der Waals surface area contributed by atoms with E-state index in [9.17, 15) is 0 Å². The van der Waals surface area contributed by atoms with Crippen LogP contribution in [0.1, 0.15) is 106 Å². The van der Waals surface area contributed by atoms with Gasteiger partial charge in [-0.3, -0.25) is 0 Å². The molecule has 0 N–H and O–H groups in total. The summed E-state index contributed by atoms with van der Waals surface area (Å²) in [7, 11) is 0. The molecule has 0 spiro atoms. The topological polar surface area (TPSA) is 3.24 Å². The van der Waals surface area contributed by atoms with Gasteiger partial charge in [-0.1, -0.05) is 124 Å². The zero-order valence-corrected chi connectivity index (χ0v) is 30.2. The standard InChI is InChI=1S/C50H49N/c1-50(2)47-17-9-16-44(40-21-20-35-12-6-7-13-37(35)30-40)49(47)45-27-26-43(32-48(45)50)51(42-15-8-14-38(31-42)34-10-4-3-5-11-34)41-24-22-36(23-25-41)46-29-33-18-19-39(46)28-33/h6-9,12-17,20-27,30-34,39,46H,3-5,10-11,18-19,28-29H2,1-2H3. The quantitative estimate of drug-likeness (QED) is 0.171. The molecule has 3 atom stereocenters. The Morgan fingerprint density at radius 1 is 0.529 bits per heavy atom. The van der Waals surface area contributed by atoms with E-state index in [1.165, 1.54) is 125 Å². The maximum atomic E-state index is 2.54. The van der Waals surface area contributed by atoms with Gasteiger partial charge in [0.15, 0.2) is 0 Å². The monoisotopic (exact) mass is 663 g/mol. The van der Waals surface area contributed by atoms with E-state index in [4.69, 9.17) is 0 Å². The molecule has 1 heteroatoms. The number of nitrogens with zero attached hydrogens (tertiary/aromatic N) is 1. The molecule has 6 aromatic carbocycles. The third-order valence-corrected chi connectivity index (χ3v) is 13.5. The Hall–Kier alpha value is -4.62. The molecule has 3 fully saturated rings. The lowest BCUT2D eigenvalue weighted by Crippen LogP contribution is -2.17. The van der Waals surface area contributed by atoms with Crippen molar-refractivity contribution in [1.29, 1.82) is 0 Å². The fourth-order valence-electron chi connectivity index (χ4n) is 10.8. The first-order valence-electron chi connectivity index (χ1n) is 19.8. The van der Waals surface area contributed by atoms with Crippen LogP contribution in [0.3, 0.4) is 0 Å². The van der Waals surface area contributed by atoms with Gasteiger partial charge in [-0.25, -0.2) is 0 Å². The first kappa shape index (κ1) is 31.1. The Balaban J connectivity index is 1.08. The van der Waals surface area contributed by atoms with Gasteiger partial charge in [0.05, 0.1) is 0 Å². The zero-order valence-electron chi connectivity index (χ0n) is 30.2. The molecule has 2 bridgehead atoms. The van der Waals surface area contributed by atoms with Gasteiger partial charge in [0.2, 0.25) is 0 Å². The molecule has 4 aliphatic rings. The van der Waals surface area contributed by atoms with Crippen molar-refractivity contribution < 1.29 is 0 Å². The Kier molecular flexibility index (Phi) is 7.49. The fraction of sp³-hybridized carbons (Fsp3) is 0.320. The van der Waals surface area contributed by atoms with E-state index in [1.54, 1.807) is 5.56 Å². The number of benzene rings is 6. The molecule has 0 saturated heterocycles. The molecule has 0 aromatic heterocycles. The van der Waals surface area contributed by atoms with Crippen LogP contribution in [0.5, 0.6) is 0 Å². The van der Waals surface area contributed by atoms with Crippen molar-refractivity contribution in [3.63, 3.8) is 0 Å². The van der Waals surface area contributed by atoms with E-state index in [0.717, 1.165) is 17.8 Å². The number of fused-ring (bicyclic) bond motifs is 6. The van der Waals surface area contributed by atoms with Gasteiger partial charge >= 0.3 is 0 Å². The van der Waals surface area contributed by atoms with Crippen LogP contribution >= 0.6 is 0 Å². The lowest BCUT2D eigenvalue weighted by Gasteiger charge is -2.30. The van der Waals surface area contributed by atoms with Gasteiger partial charge < -0.3 is 4.90 Å². The second-order valence-corrected chi connectivity index (χ2v) is 16.8. The maximum Gasteiger partial charge on any atom is 0.0465 e. The summed E-state index contributed by atoms with van der Waals surface area (Å²) in [4.78, 5) is 2.54. The summed E-state index contributed by atoms with van der Waals surface area (Å²) in [5.74, 6) is 3.27. The zero-order chi connectivity index (χ0) is 34.1. The summed E-state index contributed by atoms with van der Waals surface area (Å²) in [6, 6.07) is 49.2. The van der Waals surface area contributed by atoms with Crippen LogP contribution in [-0.4, -0.2) is 0 Å². The molecule has 0 heterocycles. The first-order chi connectivity index (χ1) is 25.0. The van der Waals surface area contributed by atoms with Gasteiger partial charge in [-0.05, 0) is 154 Å². The van der Waals surface area contributed by atoms with Crippen LogP contribution < -0.4 is 4.90 Å². The minimum Gasteiger partial charge on any atom is -0.310 e. The number of hydrogen-bond donors (Lipinski definition) is 0. The molecule has 51 heavy (non-hydrogen) atoms. The van der Waals surface area contributed by atoms with E-state index in [0.29, 0.717) is 5.92 Å². The molecular weight excluding hydrogens is 615 g/mol. The van der Waals surface area contributed by atoms with Crippen LogP contribution in [0.2, 0.25) is 0 Å². The minimum atomic E-state index is -0.116. The van der Waals surface area contributed by atoms with Crippen molar-refractivity contribution >= 4 is 27.8 Å². The van der Waals surface area contributed by atoms with Gasteiger partial charge in [0, 0.05) is 22.5 Å². The first-order valence-corrected chi connectivity index (χ1v) is 19.8. The van der Waals surface area contributed by atoms with Crippen molar-refractivity contribution in [2.75, 3.05) is 4.90 Å². The van der Waals surface area contributed by atoms with Gasteiger partial charge in [-0.2, -0.15) is 0 Å². The van der Waals surface area contributed by atoms with Crippen molar-refractivity contribution in [3.05, 3.63) is 150 Å². The van der Waals surface area contributed by atoms with Crippen LogP contribution in [0.25, 0.3) is 33.0 Å². The highest BCUT2D eigenvalue weighted by atomic mass is 15.1. The number of rotatable bonds is 6. The van der Waals surface area contributed by atoms with E-state index in [-0.39, 0.29) is 5.41 Å². The third kappa shape index (κ3) is 5.26. The van der Waals surface area contributed by atoms with E-state index < -0.39 is 0 Å². The number of anilines is 3. The predicted octanol–water partition coefficient (Wildman–Crippen LogP) is 14.2. The molecular formula is C50H49N. The van der Waals surface area contributed by atoms with Crippen molar-refractivity contribution in [3.8, 4) is 22.3 Å². The molecule has 10 rings (SSSR count). The highest BCUT2D eigenvalue weighted by Crippen LogP contribution is 2.55. The fourth-order valence-corrected chi connectivity index (χ4v) is 10.8. The Labute approximate surface area is 304 Å². The maximum absolute atomic E-state index is 2.54. The Bertz CT molecular complexity index is 2250. The lowest BCUT2D eigenvalue weighted by atomic mass is 9.81. The van der Waals surface area contributed by atoms with Crippen LogP contribution in [0.4, 0.5) is 17.1 Å². The normalized spacial score (nSPS) is 21.9. The van der Waals surface area contributed by atoms with Crippen molar-refractivity contribution in [2.24, 2.45) is 11.8 Å². The largest absolute Gasteiger partial charge is 0.310 e. The molecule has 3 saturated carbocycles. The molecule has 6 aromatic rings. The summed E-state index contributed by atoms with van der Waals surface area (Å²) in [6.45, 7) is 4.84. The SMILES string of the molecule is CC1(C)c2cc(N(c3ccc(C4CC5CCC4C5)cc3)c3cccc(C4CCCCC4)c3)ccc2-c2c(-c3ccc4ccccc4c3)cccc21. The summed E-state index contributed by atoms with van der Waals surface area (Å²) >= 11 is 0. The predicted molar refractivity (Wildman–Crippen MR) is 216 cm³/mol. The van der Waals surface area contributed by atoms with Crippen molar-refractivity contribution in [1.82, 2.24) is 0 Å². The van der Waals surface area contributed by atoms with Gasteiger partial charge in [0.25, 0.3) is 0 Å². The molecule has 0 amide bonds. The van der Waals surface area contributed by atoms with Crippen LogP contribution in [0.15, 0.2) is 127 Å². The molecule has 254 valence electrons. The second kappa shape index (κ2) is 12.3. The molecule has 0 radical (unpaired) electrons. The molecule has 1 nitrogen and oxygen atoms in total.